The maximum Gasteiger partial charge on any atom is 0.338 e. The highest BCUT2D eigenvalue weighted by Gasteiger charge is 2.24. The summed E-state index contributed by atoms with van der Waals surface area (Å²) in [5, 5.41) is 0.833. The zero-order valence-corrected chi connectivity index (χ0v) is 22.4. The number of methoxy groups -OCH3 is 1. The average Bonchev–Trinajstić information content (AvgIpc) is 3.51. The molecule has 0 aliphatic heterocycles. The van der Waals surface area contributed by atoms with Crippen LogP contribution in [0.4, 0.5) is 0 Å². The van der Waals surface area contributed by atoms with Crippen molar-refractivity contribution in [2.75, 3.05) is 14.2 Å². The van der Waals surface area contributed by atoms with Crippen LogP contribution in [0.15, 0.2) is 42.6 Å². The minimum atomic E-state index is -0.594. The second-order valence-electron chi connectivity index (χ2n) is 10.8. The molecule has 196 valence electrons. The zero-order valence-electron chi connectivity index (χ0n) is 22.4. The molecule has 2 aromatic carbocycles. The number of amides is 1. The lowest BCUT2D eigenvalue weighted by molar-refractivity contribution is -0.131. The molecule has 1 aliphatic rings. The molecule has 0 atom stereocenters. The summed E-state index contributed by atoms with van der Waals surface area (Å²) in [6.45, 7) is 5.91. The van der Waals surface area contributed by atoms with Crippen LogP contribution in [-0.4, -0.2) is 53.4 Å². The SMILES string of the molecule is COc1cc(C(=O)OC(C)(C)C)ccc1Cn1cc(C=O)c2ccc(CC(=O)N(C)C3CCCC3)cc21. The van der Waals surface area contributed by atoms with Crippen molar-refractivity contribution in [2.45, 2.75) is 71.1 Å². The predicted molar refractivity (Wildman–Crippen MR) is 143 cm³/mol. The summed E-state index contributed by atoms with van der Waals surface area (Å²) in [7, 11) is 3.46. The Morgan fingerprint density at radius 2 is 1.84 bits per heavy atom. The Hall–Kier alpha value is -3.61. The van der Waals surface area contributed by atoms with E-state index in [-0.39, 0.29) is 5.91 Å². The third kappa shape index (κ3) is 6.04. The van der Waals surface area contributed by atoms with E-state index in [0.717, 1.165) is 41.2 Å². The van der Waals surface area contributed by atoms with Crippen molar-refractivity contribution in [3.63, 3.8) is 0 Å². The van der Waals surface area contributed by atoms with E-state index in [4.69, 9.17) is 9.47 Å². The van der Waals surface area contributed by atoms with Crippen molar-refractivity contribution >= 4 is 29.1 Å². The molecule has 0 unspecified atom stereocenters. The number of aromatic nitrogens is 1. The maximum absolute atomic E-state index is 12.9. The van der Waals surface area contributed by atoms with Gasteiger partial charge in [-0.3, -0.25) is 9.59 Å². The van der Waals surface area contributed by atoms with Gasteiger partial charge in [0.25, 0.3) is 0 Å². The van der Waals surface area contributed by atoms with Crippen LogP contribution in [-0.2, 0) is 22.5 Å². The van der Waals surface area contributed by atoms with E-state index in [1.54, 1.807) is 19.2 Å². The van der Waals surface area contributed by atoms with Crippen molar-refractivity contribution in [2.24, 2.45) is 0 Å². The van der Waals surface area contributed by atoms with E-state index in [1.165, 1.54) is 12.8 Å². The van der Waals surface area contributed by atoms with E-state index in [0.29, 0.717) is 35.9 Å². The maximum atomic E-state index is 12.9. The predicted octanol–water partition coefficient (Wildman–Crippen LogP) is 5.41. The van der Waals surface area contributed by atoms with Crippen LogP contribution in [0.5, 0.6) is 5.75 Å². The van der Waals surface area contributed by atoms with Crippen molar-refractivity contribution in [3.8, 4) is 5.75 Å². The molecule has 1 aliphatic carbocycles. The van der Waals surface area contributed by atoms with E-state index in [1.807, 2.05) is 67.7 Å². The number of likely N-dealkylation sites (N-methyl/N-ethyl adjacent to an activating group) is 1. The summed E-state index contributed by atoms with van der Waals surface area (Å²) in [6, 6.07) is 11.4. The van der Waals surface area contributed by atoms with E-state index >= 15 is 0 Å². The molecule has 0 saturated heterocycles. The van der Waals surface area contributed by atoms with Gasteiger partial charge in [-0.05, 0) is 57.4 Å². The van der Waals surface area contributed by atoms with Crippen LogP contribution in [0.2, 0.25) is 0 Å². The van der Waals surface area contributed by atoms with Gasteiger partial charge < -0.3 is 18.9 Å². The lowest BCUT2D eigenvalue weighted by Crippen LogP contribution is -2.36. The van der Waals surface area contributed by atoms with Crippen LogP contribution in [0.3, 0.4) is 0 Å². The van der Waals surface area contributed by atoms with Crippen LogP contribution < -0.4 is 4.74 Å². The molecule has 0 spiro atoms. The van der Waals surface area contributed by atoms with E-state index < -0.39 is 11.6 Å². The third-order valence-electron chi connectivity index (χ3n) is 6.99. The number of hydrogen-bond donors (Lipinski definition) is 0. The number of carbonyl (C=O) groups is 3. The highest BCUT2D eigenvalue weighted by Crippen LogP contribution is 2.28. The molecule has 7 nitrogen and oxygen atoms in total. The standard InChI is InChI=1S/C30H36N2O5/c1-30(2,3)37-29(35)21-11-12-22(27(16-21)36-5)17-32-18-23(19-33)25-13-10-20(14-26(25)32)15-28(34)31(4)24-8-6-7-9-24/h10-14,16,18-19,24H,6-9,15,17H2,1-5H3. The molecule has 1 amide bonds. The summed E-state index contributed by atoms with van der Waals surface area (Å²) in [5.41, 5.74) is 3.03. The van der Waals surface area contributed by atoms with Gasteiger partial charge in [-0.2, -0.15) is 0 Å². The fourth-order valence-corrected chi connectivity index (χ4v) is 5.02. The molecular weight excluding hydrogens is 468 g/mol. The minimum absolute atomic E-state index is 0.111. The number of aldehydes is 1. The summed E-state index contributed by atoms with van der Waals surface area (Å²) >= 11 is 0. The highest BCUT2D eigenvalue weighted by atomic mass is 16.6. The van der Waals surface area contributed by atoms with Gasteiger partial charge in [-0.1, -0.05) is 31.0 Å². The van der Waals surface area contributed by atoms with Gasteiger partial charge >= 0.3 is 5.97 Å². The topological polar surface area (TPSA) is 77.8 Å². The molecule has 0 bridgehead atoms. The lowest BCUT2D eigenvalue weighted by atomic mass is 10.1. The number of hydrogen-bond acceptors (Lipinski definition) is 5. The van der Waals surface area contributed by atoms with Gasteiger partial charge in [0.15, 0.2) is 6.29 Å². The molecule has 1 saturated carbocycles. The van der Waals surface area contributed by atoms with Gasteiger partial charge in [0.1, 0.15) is 11.4 Å². The third-order valence-corrected chi connectivity index (χ3v) is 6.99. The molecule has 0 N–H and O–H groups in total. The number of rotatable bonds is 8. The van der Waals surface area contributed by atoms with Crippen molar-refractivity contribution in [1.29, 1.82) is 0 Å². The first kappa shape index (κ1) is 26.5. The van der Waals surface area contributed by atoms with Crippen molar-refractivity contribution in [1.82, 2.24) is 9.47 Å². The van der Waals surface area contributed by atoms with Crippen LogP contribution in [0.25, 0.3) is 10.9 Å². The Morgan fingerprint density at radius 3 is 2.49 bits per heavy atom. The quantitative estimate of drug-likeness (QED) is 0.303. The van der Waals surface area contributed by atoms with Gasteiger partial charge in [0.05, 0.1) is 25.6 Å². The zero-order chi connectivity index (χ0) is 26.7. The van der Waals surface area contributed by atoms with E-state index in [2.05, 4.69) is 0 Å². The summed E-state index contributed by atoms with van der Waals surface area (Å²) in [5.74, 6) is 0.255. The van der Waals surface area contributed by atoms with Crippen molar-refractivity contribution < 1.29 is 23.9 Å². The summed E-state index contributed by atoms with van der Waals surface area (Å²) in [6.07, 6.45) is 7.48. The van der Waals surface area contributed by atoms with Gasteiger partial charge in [0, 0.05) is 41.3 Å². The lowest BCUT2D eigenvalue weighted by Gasteiger charge is -2.24. The summed E-state index contributed by atoms with van der Waals surface area (Å²) in [4.78, 5) is 39.1. The van der Waals surface area contributed by atoms with Gasteiger partial charge in [-0.15, -0.1) is 0 Å². The molecule has 7 heteroatoms. The Labute approximate surface area is 218 Å². The second-order valence-corrected chi connectivity index (χ2v) is 10.8. The number of benzene rings is 2. The molecule has 1 fully saturated rings. The molecule has 0 radical (unpaired) electrons. The highest BCUT2D eigenvalue weighted by molar-refractivity contribution is 5.98. The first-order valence-corrected chi connectivity index (χ1v) is 12.8. The number of nitrogens with zero attached hydrogens (tertiary/aromatic N) is 2. The molecule has 37 heavy (non-hydrogen) atoms. The molecule has 4 rings (SSSR count). The Bertz CT molecular complexity index is 1310. The Kier molecular flexibility index (Phi) is 7.71. The van der Waals surface area contributed by atoms with Crippen molar-refractivity contribution in [3.05, 3.63) is 64.8 Å². The van der Waals surface area contributed by atoms with Gasteiger partial charge in [-0.25, -0.2) is 4.79 Å². The first-order chi connectivity index (χ1) is 17.6. The monoisotopic (exact) mass is 504 g/mol. The fraction of sp³-hybridized carbons (Fsp3) is 0.433. The van der Waals surface area contributed by atoms with Gasteiger partial charge in [0.2, 0.25) is 5.91 Å². The second kappa shape index (κ2) is 10.8. The Balaban J connectivity index is 1.61. The number of ether oxygens (including phenoxy) is 2. The smallest absolute Gasteiger partial charge is 0.338 e. The molecule has 1 heterocycles. The molecule has 1 aromatic heterocycles. The largest absolute Gasteiger partial charge is 0.496 e. The van der Waals surface area contributed by atoms with E-state index in [9.17, 15) is 14.4 Å². The molecular formula is C30H36N2O5. The van der Waals surface area contributed by atoms with Crippen LogP contribution in [0.1, 0.15) is 78.3 Å². The molecule has 3 aromatic rings. The van der Waals surface area contributed by atoms with Crippen LogP contribution >= 0.6 is 0 Å². The number of esters is 1. The van der Waals surface area contributed by atoms with Crippen LogP contribution in [0, 0.1) is 0 Å². The normalized spacial score (nSPS) is 14.1. The summed E-state index contributed by atoms with van der Waals surface area (Å²) < 4.78 is 13.1. The minimum Gasteiger partial charge on any atom is -0.496 e. The fourth-order valence-electron chi connectivity index (χ4n) is 5.02. The first-order valence-electron chi connectivity index (χ1n) is 12.8. The average molecular weight is 505 g/mol. The number of carbonyl (C=O) groups excluding carboxylic acids is 3. The Morgan fingerprint density at radius 1 is 1.11 bits per heavy atom. The number of fused-ring (bicyclic) bond motifs is 1.